The molecule has 0 saturated carbocycles. The van der Waals surface area contributed by atoms with Crippen LogP contribution in [0.2, 0.25) is 0 Å². The highest BCUT2D eigenvalue weighted by Gasteiger charge is 2.07. The molecule has 4 nitrogen and oxygen atoms in total. The molecule has 1 heterocycles. The van der Waals surface area contributed by atoms with Crippen LogP contribution in [-0.2, 0) is 6.54 Å². The fraction of sp³-hybridized carbons (Fsp3) is 0.750. The first-order valence-corrected chi connectivity index (χ1v) is 5.88. The van der Waals surface area contributed by atoms with Gasteiger partial charge in [-0.15, -0.1) is 0 Å². The molecule has 0 spiro atoms. The summed E-state index contributed by atoms with van der Waals surface area (Å²) >= 11 is 0. The molecule has 1 unspecified atom stereocenters. The molecule has 0 fully saturated rings. The molecule has 0 aliphatic carbocycles. The number of aliphatic hydroxyl groups is 1. The van der Waals surface area contributed by atoms with Crippen LogP contribution < -0.4 is 5.32 Å². The van der Waals surface area contributed by atoms with Gasteiger partial charge in [-0.1, -0.05) is 12.1 Å². The molecule has 2 N–H and O–H groups in total. The van der Waals surface area contributed by atoms with E-state index in [2.05, 4.69) is 17.4 Å². The Kier molecular flexibility index (Phi) is 5.49. The fourth-order valence-electron chi connectivity index (χ4n) is 1.63. The van der Waals surface area contributed by atoms with E-state index in [0.717, 1.165) is 42.9 Å². The first kappa shape index (κ1) is 13.2. The topological polar surface area (TPSA) is 58.3 Å². The summed E-state index contributed by atoms with van der Waals surface area (Å²) in [5, 5.41) is 16.1. The number of hydrogen-bond donors (Lipinski definition) is 2. The molecular weight excluding hydrogens is 204 g/mol. The molecular formula is C12H22N2O2. The highest BCUT2D eigenvalue weighted by atomic mass is 16.5. The predicted octanol–water partition coefficient (Wildman–Crippen LogP) is 1.79. The van der Waals surface area contributed by atoms with E-state index in [1.165, 1.54) is 0 Å². The van der Waals surface area contributed by atoms with Crippen LogP contribution in [-0.4, -0.2) is 23.4 Å². The van der Waals surface area contributed by atoms with Gasteiger partial charge in [-0.25, -0.2) is 0 Å². The minimum Gasteiger partial charge on any atom is -0.396 e. The Hall–Kier alpha value is -0.870. The molecule has 0 aliphatic rings. The summed E-state index contributed by atoms with van der Waals surface area (Å²) in [7, 11) is 0. The lowest BCUT2D eigenvalue weighted by molar-refractivity contribution is 0.228. The maximum atomic E-state index is 8.87. The molecule has 0 aliphatic heterocycles. The number of aromatic nitrogens is 1. The Morgan fingerprint density at radius 1 is 1.44 bits per heavy atom. The van der Waals surface area contributed by atoms with Gasteiger partial charge in [0.1, 0.15) is 5.76 Å². The van der Waals surface area contributed by atoms with Crippen LogP contribution in [0.4, 0.5) is 0 Å². The summed E-state index contributed by atoms with van der Waals surface area (Å²) in [6.07, 6.45) is 2.15. The summed E-state index contributed by atoms with van der Waals surface area (Å²) in [6, 6.07) is 0. The fourth-order valence-corrected chi connectivity index (χ4v) is 1.63. The third-order valence-corrected chi connectivity index (χ3v) is 2.85. The Balaban J connectivity index is 2.16. The zero-order chi connectivity index (χ0) is 12.0. The van der Waals surface area contributed by atoms with E-state index < -0.39 is 0 Å². The zero-order valence-corrected chi connectivity index (χ0v) is 10.4. The van der Waals surface area contributed by atoms with Crippen molar-refractivity contribution in [3.8, 4) is 0 Å². The van der Waals surface area contributed by atoms with Gasteiger partial charge in [0, 0.05) is 18.7 Å². The van der Waals surface area contributed by atoms with Gasteiger partial charge in [-0.3, -0.25) is 0 Å². The summed E-state index contributed by atoms with van der Waals surface area (Å²) in [4.78, 5) is 0. The van der Waals surface area contributed by atoms with Crippen LogP contribution in [0.5, 0.6) is 0 Å². The van der Waals surface area contributed by atoms with Crippen molar-refractivity contribution in [1.29, 1.82) is 0 Å². The maximum absolute atomic E-state index is 8.87. The van der Waals surface area contributed by atoms with Crippen LogP contribution in [0, 0.1) is 19.8 Å². The molecule has 0 amide bonds. The lowest BCUT2D eigenvalue weighted by atomic mass is 10.1. The van der Waals surface area contributed by atoms with Crippen molar-refractivity contribution in [2.24, 2.45) is 5.92 Å². The normalized spacial score (nSPS) is 13.0. The second kappa shape index (κ2) is 6.66. The Morgan fingerprint density at radius 2 is 2.19 bits per heavy atom. The van der Waals surface area contributed by atoms with Crippen molar-refractivity contribution < 1.29 is 9.63 Å². The minimum absolute atomic E-state index is 0.282. The quantitative estimate of drug-likeness (QED) is 0.696. The van der Waals surface area contributed by atoms with Crippen molar-refractivity contribution in [3.05, 3.63) is 17.0 Å². The van der Waals surface area contributed by atoms with Crippen LogP contribution >= 0.6 is 0 Å². The van der Waals surface area contributed by atoms with E-state index in [-0.39, 0.29) is 6.61 Å². The molecule has 4 heteroatoms. The average molecular weight is 226 g/mol. The molecule has 0 bridgehead atoms. The molecule has 0 saturated heterocycles. The predicted molar refractivity (Wildman–Crippen MR) is 63.2 cm³/mol. The van der Waals surface area contributed by atoms with Crippen LogP contribution in [0.3, 0.4) is 0 Å². The monoisotopic (exact) mass is 226 g/mol. The summed E-state index contributed by atoms with van der Waals surface area (Å²) < 4.78 is 5.08. The second-order valence-corrected chi connectivity index (χ2v) is 4.41. The highest BCUT2D eigenvalue weighted by Crippen LogP contribution is 2.11. The van der Waals surface area contributed by atoms with E-state index in [0.29, 0.717) is 5.92 Å². The summed E-state index contributed by atoms with van der Waals surface area (Å²) in [6.45, 7) is 8.02. The number of aliphatic hydroxyl groups excluding tert-OH is 1. The molecule has 1 aromatic rings. The highest BCUT2D eigenvalue weighted by molar-refractivity contribution is 5.20. The SMILES string of the molecule is Cc1noc(C)c1CNCCCC(C)CO. The van der Waals surface area contributed by atoms with E-state index in [1.54, 1.807) is 0 Å². The van der Waals surface area contributed by atoms with Gasteiger partial charge in [0.2, 0.25) is 0 Å². The van der Waals surface area contributed by atoms with E-state index in [4.69, 9.17) is 9.63 Å². The average Bonchev–Trinajstić information content (AvgIpc) is 2.59. The number of hydrogen-bond acceptors (Lipinski definition) is 4. The van der Waals surface area contributed by atoms with Gasteiger partial charge in [0.25, 0.3) is 0 Å². The minimum atomic E-state index is 0.282. The third kappa shape index (κ3) is 3.94. The molecule has 0 aromatic carbocycles. The van der Waals surface area contributed by atoms with Gasteiger partial charge >= 0.3 is 0 Å². The smallest absolute Gasteiger partial charge is 0.138 e. The number of nitrogens with zero attached hydrogens (tertiary/aromatic N) is 1. The van der Waals surface area contributed by atoms with E-state index in [9.17, 15) is 0 Å². The lowest BCUT2D eigenvalue weighted by Gasteiger charge is -2.08. The number of nitrogens with one attached hydrogen (secondary N) is 1. The van der Waals surface area contributed by atoms with Gasteiger partial charge in [0.05, 0.1) is 5.69 Å². The molecule has 1 atom stereocenters. The van der Waals surface area contributed by atoms with Crippen molar-refractivity contribution in [2.75, 3.05) is 13.2 Å². The first-order valence-electron chi connectivity index (χ1n) is 5.88. The van der Waals surface area contributed by atoms with Crippen LogP contribution in [0.25, 0.3) is 0 Å². The summed E-state index contributed by atoms with van der Waals surface area (Å²) in [5.74, 6) is 1.30. The second-order valence-electron chi connectivity index (χ2n) is 4.41. The number of aryl methyl sites for hydroxylation is 2. The zero-order valence-electron chi connectivity index (χ0n) is 10.4. The van der Waals surface area contributed by atoms with Crippen LogP contribution in [0.15, 0.2) is 4.52 Å². The largest absolute Gasteiger partial charge is 0.396 e. The number of rotatable bonds is 7. The van der Waals surface area contributed by atoms with Crippen LogP contribution in [0.1, 0.15) is 36.8 Å². The molecule has 1 rings (SSSR count). The van der Waals surface area contributed by atoms with Gasteiger partial charge in [-0.2, -0.15) is 0 Å². The van der Waals surface area contributed by atoms with E-state index >= 15 is 0 Å². The lowest BCUT2D eigenvalue weighted by Crippen LogP contribution is -2.16. The maximum Gasteiger partial charge on any atom is 0.138 e. The van der Waals surface area contributed by atoms with Crippen molar-refractivity contribution in [3.63, 3.8) is 0 Å². The molecule has 16 heavy (non-hydrogen) atoms. The first-order chi connectivity index (χ1) is 7.65. The van der Waals surface area contributed by atoms with Gasteiger partial charge < -0.3 is 14.9 Å². The Bertz CT molecular complexity index is 290. The van der Waals surface area contributed by atoms with Crippen molar-refractivity contribution >= 4 is 0 Å². The third-order valence-electron chi connectivity index (χ3n) is 2.85. The molecule has 1 aromatic heterocycles. The summed E-state index contributed by atoms with van der Waals surface area (Å²) in [5.41, 5.74) is 2.13. The van der Waals surface area contributed by atoms with Gasteiger partial charge in [-0.05, 0) is 39.2 Å². The Labute approximate surface area is 97.0 Å². The molecule has 92 valence electrons. The van der Waals surface area contributed by atoms with Crippen molar-refractivity contribution in [2.45, 2.75) is 40.2 Å². The Morgan fingerprint density at radius 3 is 2.75 bits per heavy atom. The molecule has 0 radical (unpaired) electrons. The standard InChI is InChI=1S/C12H22N2O2/c1-9(8-15)5-4-6-13-7-12-10(2)14-16-11(12)3/h9,13,15H,4-8H2,1-3H3. The van der Waals surface area contributed by atoms with Gasteiger partial charge in [0.15, 0.2) is 0 Å². The van der Waals surface area contributed by atoms with Crippen molar-refractivity contribution in [1.82, 2.24) is 10.5 Å². The van der Waals surface area contributed by atoms with E-state index in [1.807, 2.05) is 13.8 Å².